The van der Waals surface area contributed by atoms with E-state index in [1.165, 1.54) is 18.3 Å². The molecule has 17 heavy (non-hydrogen) atoms. The number of likely N-dealkylation sites (N-methyl/N-ethyl adjacent to an activating group) is 1. The van der Waals surface area contributed by atoms with Crippen LogP contribution in [0.1, 0.15) is 6.42 Å². The summed E-state index contributed by atoms with van der Waals surface area (Å²) in [6.07, 6.45) is 2.21. The largest absolute Gasteiger partial charge is 0.305 e. The second-order valence-corrected chi connectivity index (χ2v) is 6.28. The molecular weight excluding hydrogens is 262 g/mol. The summed E-state index contributed by atoms with van der Waals surface area (Å²) in [7, 11) is -1.52. The van der Waals surface area contributed by atoms with Crippen LogP contribution in [0.15, 0.2) is 23.2 Å². The fraction of sp³-hybridized carbons (Fsp3) is 0.500. The minimum Gasteiger partial charge on any atom is -0.305 e. The van der Waals surface area contributed by atoms with Gasteiger partial charge in [0.05, 0.1) is 4.90 Å². The summed E-state index contributed by atoms with van der Waals surface area (Å²) in [5.74, 6) is 0. The lowest BCUT2D eigenvalue weighted by atomic mass is 10.3. The Kier molecular flexibility index (Phi) is 3.67. The molecule has 0 saturated carbocycles. The predicted octanol–water partition coefficient (Wildman–Crippen LogP) is 0.717. The van der Waals surface area contributed by atoms with E-state index >= 15 is 0 Å². The van der Waals surface area contributed by atoms with Crippen LogP contribution in [0.2, 0.25) is 5.15 Å². The molecule has 0 radical (unpaired) electrons. The quantitative estimate of drug-likeness (QED) is 0.826. The Bertz CT molecular complexity index is 506. The van der Waals surface area contributed by atoms with Gasteiger partial charge in [-0.1, -0.05) is 11.6 Å². The van der Waals surface area contributed by atoms with Crippen molar-refractivity contribution in [3.05, 3.63) is 23.5 Å². The van der Waals surface area contributed by atoms with Gasteiger partial charge in [-0.05, 0) is 32.1 Å². The number of halogens is 1. The first kappa shape index (κ1) is 12.8. The maximum atomic E-state index is 12.0. The van der Waals surface area contributed by atoms with Gasteiger partial charge in [0.15, 0.2) is 0 Å². The first-order valence-electron chi connectivity index (χ1n) is 5.30. The minimum absolute atomic E-state index is 0.0306. The Morgan fingerprint density at radius 2 is 2.35 bits per heavy atom. The van der Waals surface area contributed by atoms with Crippen LogP contribution in [0.3, 0.4) is 0 Å². The van der Waals surface area contributed by atoms with E-state index in [4.69, 9.17) is 11.6 Å². The molecule has 1 unspecified atom stereocenters. The lowest BCUT2D eigenvalue weighted by Crippen LogP contribution is -2.36. The van der Waals surface area contributed by atoms with Crippen molar-refractivity contribution in [2.75, 3.05) is 20.1 Å². The highest BCUT2D eigenvalue weighted by Crippen LogP contribution is 2.15. The summed E-state index contributed by atoms with van der Waals surface area (Å²) in [5.41, 5.74) is 0. The average molecular weight is 276 g/mol. The van der Waals surface area contributed by atoms with Crippen LogP contribution in [0, 0.1) is 0 Å². The van der Waals surface area contributed by atoms with Crippen LogP contribution in [0.5, 0.6) is 0 Å². The highest BCUT2D eigenvalue weighted by Gasteiger charge is 2.25. The number of aromatic nitrogens is 1. The molecule has 1 aliphatic heterocycles. The molecule has 1 aromatic heterocycles. The van der Waals surface area contributed by atoms with Gasteiger partial charge in [0.2, 0.25) is 10.0 Å². The van der Waals surface area contributed by atoms with Gasteiger partial charge >= 0.3 is 0 Å². The second kappa shape index (κ2) is 4.89. The van der Waals surface area contributed by atoms with Crippen LogP contribution in [-0.2, 0) is 10.0 Å². The molecule has 0 aliphatic carbocycles. The number of hydrogen-bond donors (Lipinski definition) is 1. The number of hydrogen-bond acceptors (Lipinski definition) is 4. The maximum absolute atomic E-state index is 12.0. The van der Waals surface area contributed by atoms with Crippen molar-refractivity contribution in [3.63, 3.8) is 0 Å². The van der Waals surface area contributed by atoms with E-state index in [9.17, 15) is 8.42 Å². The lowest BCUT2D eigenvalue weighted by Gasteiger charge is -2.13. The number of rotatable bonds is 3. The first-order chi connectivity index (χ1) is 7.97. The first-order valence-corrected chi connectivity index (χ1v) is 7.16. The second-order valence-electron chi connectivity index (χ2n) is 4.18. The van der Waals surface area contributed by atoms with E-state index in [0.717, 1.165) is 19.5 Å². The molecular formula is C10H14ClN3O2S. The molecule has 0 aromatic carbocycles. The molecule has 7 heteroatoms. The molecule has 2 heterocycles. The van der Waals surface area contributed by atoms with Crippen molar-refractivity contribution in [1.29, 1.82) is 0 Å². The summed E-state index contributed by atoms with van der Waals surface area (Å²) >= 11 is 5.68. The molecule has 1 fully saturated rings. The van der Waals surface area contributed by atoms with Crippen LogP contribution < -0.4 is 4.72 Å². The maximum Gasteiger partial charge on any atom is 0.241 e. The smallest absolute Gasteiger partial charge is 0.241 e. The topological polar surface area (TPSA) is 62.3 Å². The Morgan fingerprint density at radius 3 is 2.94 bits per heavy atom. The molecule has 5 nitrogen and oxygen atoms in total. The van der Waals surface area contributed by atoms with E-state index in [2.05, 4.69) is 14.6 Å². The molecule has 0 spiro atoms. The van der Waals surface area contributed by atoms with Crippen molar-refractivity contribution in [3.8, 4) is 0 Å². The Hall–Kier alpha value is -0.690. The summed E-state index contributed by atoms with van der Waals surface area (Å²) in [5, 5.41) is 0.177. The van der Waals surface area contributed by atoms with Gasteiger partial charge in [-0.2, -0.15) is 0 Å². The van der Waals surface area contributed by atoms with Gasteiger partial charge in [-0.25, -0.2) is 18.1 Å². The Balaban J connectivity index is 2.14. The van der Waals surface area contributed by atoms with Gasteiger partial charge in [0, 0.05) is 18.8 Å². The van der Waals surface area contributed by atoms with Crippen LogP contribution in [-0.4, -0.2) is 44.5 Å². The molecule has 1 N–H and O–H groups in total. The molecule has 2 rings (SSSR count). The van der Waals surface area contributed by atoms with Crippen LogP contribution in [0.4, 0.5) is 0 Å². The van der Waals surface area contributed by atoms with Crippen LogP contribution >= 0.6 is 11.6 Å². The number of sulfonamides is 1. The zero-order valence-electron chi connectivity index (χ0n) is 9.43. The fourth-order valence-corrected chi connectivity index (χ4v) is 3.38. The van der Waals surface area contributed by atoms with Crippen molar-refractivity contribution in [1.82, 2.24) is 14.6 Å². The Labute approximate surface area is 106 Å². The third-order valence-electron chi connectivity index (χ3n) is 2.72. The van der Waals surface area contributed by atoms with E-state index in [-0.39, 0.29) is 16.1 Å². The zero-order valence-corrected chi connectivity index (χ0v) is 11.0. The van der Waals surface area contributed by atoms with Gasteiger partial charge in [-0.3, -0.25) is 0 Å². The number of nitrogens with one attached hydrogen (secondary N) is 1. The van der Waals surface area contributed by atoms with Crippen LogP contribution in [0.25, 0.3) is 0 Å². The zero-order chi connectivity index (χ0) is 12.5. The standard InChI is InChI=1S/C10H14ClN3O2S/c1-14-5-3-8(7-14)13-17(15,16)9-2-4-12-10(11)6-9/h2,4,6,8,13H,3,5,7H2,1H3. The molecule has 94 valence electrons. The predicted molar refractivity (Wildman–Crippen MR) is 65.5 cm³/mol. The van der Waals surface area contributed by atoms with E-state index in [1.807, 2.05) is 7.05 Å². The molecule has 1 saturated heterocycles. The summed E-state index contributed by atoms with van der Waals surface area (Å²) in [6, 6.07) is 2.76. The van der Waals surface area contributed by atoms with Gasteiger partial charge in [0.1, 0.15) is 5.15 Å². The summed E-state index contributed by atoms with van der Waals surface area (Å²) in [6.45, 7) is 1.64. The van der Waals surface area contributed by atoms with Gasteiger partial charge < -0.3 is 4.90 Å². The third-order valence-corrected chi connectivity index (χ3v) is 4.45. The minimum atomic E-state index is -3.49. The van der Waals surface area contributed by atoms with Crippen molar-refractivity contribution in [2.45, 2.75) is 17.4 Å². The molecule has 0 amide bonds. The average Bonchev–Trinajstić information content (AvgIpc) is 2.63. The Morgan fingerprint density at radius 1 is 1.59 bits per heavy atom. The molecule has 1 aliphatic rings. The summed E-state index contributed by atoms with van der Waals surface area (Å²) in [4.78, 5) is 6.01. The molecule has 1 aromatic rings. The fourth-order valence-electron chi connectivity index (χ4n) is 1.87. The van der Waals surface area contributed by atoms with Gasteiger partial charge in [0.25, 0.3) is 0 Å². The van der Waals surface area contributed by atoms with E-state index in [1.54, 1.807) is 0 Å². The van der Waals surface area contributed by atoms with Crippen molar-refractivity contribution >= 4 is 21.6 Å². The van der Waals surface area contributed by atoms with Crippen molar-refractivity contribution in [2.24, 2.45) is 0 Å². The molecule has 1 atom stereocenters. The SMILES string of the molecule is CN1CCC(NS(=O)(=O)c2ccnc(Cl)c2)C1. The van der Waals surface area contributed by atoms with Crippen molar-refractivity contribution < 1.29 is 8.42 Å². The number of pyridine rings is 1. The lowest BCUT2D eigenvalue weighted by molar-refractivity contribution is 0.407. The summed E-state index contributed by atoms with van der Waals surface area (Å²) < 4.78 is 26.7. The van der Waals surface area contributed by atoms with E-state index in [0.29, 0.717) is 0 Å². The third kappa shape index (κ3) is 3.16. The highest BCUT2D eigenvalue weighted by atomic mass is 35.5. The van der Waals surface area contributed by atoms with Gasteiger partial charge in [-0.15, -0.1) is 0 Å². The monoisotopic (exact) mass is 275 g/mol. The van der Waals surface area contributed by atoms with E-state index < -0.39 is 10.0 Å². The normalized spacial score (nSPS) is 21.9. The number of likely N-dealkylation sites (tertiary alicyclic amines) is 1. The highest BCUT2D eigenvalue weighted by molar-refractivity contribution is 7.89. The number of nitrogens with zero attached hydrogens (tertiary/aromatic N) is 2. The molecule has 0 bridgehead atoms.